The number of benzene rings is 1. The van der Waals surface area contributed by atoms with Gasteiger partial charge in [0, 0.05) is 6.04 Å². The first kappa shape index (κ1) is 17.6. The Kier molecular flexibility index (Phi) is 6.54. The van der Waals surface area contributed by atoms with Crippen molar-refractivity contribution in [2.75, 3.05) is 13.1 Å². The standard InChI is InChI=1S/C17H24Cl2N2O/c1-3-16(13-7-8-14(18)15(19)10-13)20-17(22)11-21-9-5-4-6-12(21)2/h7-8,10,12,16H,3-6,9,11H2,1-2H3,(H,20,22). The van der Waals surface area contributed by atoms with Crippen LogP contribution in [0, 0.1) is 0 Å². The highest BCUT2D eigenvalue weighted by Gasteiger charge is 2.22. The van der Waals surface area contributed by atoms with Gasteiger partial charge in [-0.25, -0.2) is 0 Å². The summed E-state index contributed by atoms with van der Waals surface area (Å²) >= 11 is 12.0. The lowest BCUT2D eigenvalue weighted by atomic mass is 10.0. The van der Waals surface area contributed by atoms with Gasteiger partial charge in [0.25, 0.3) is 0 Å². The van der Waals surface area contributed by atoms with Crippen LogP contribution >= 0.6 is 23.2 Å². The Hall–Kier alpha value is -0.770. The van der Waals surface area contributed by atoms with Crippen LogP contribution in [0.25, 0.3) is 0 Å². The minimum Gasteiger partial charge on any atom is -0.348 e. The summed E-state index contributed by atoms with van der Waals surface area (Å²) in [5.74, 6) is 0.0756. The summed E-state index contributed by atoms with van der Waals surface area (Å²) in [5, 5.41) is 4.18. The molecule has 0 radical (unpaired) electrons. The van der Waals surface area contributed by atoms with Crippen LogP contribution in [0.2, 0.25) is 10.0 Å². The van der Waals surface area contributed by atoms with Crippen LogP contribution in [0.1, 0.15) is 51.1 Å². The zero-order chi connectivity index (χ0) is 16.1. The molecule has 2 unspecified atom stereocenters. The normalized spacial score (nSPS) is 20.6. The second-order valence-electron chi connectivity index (χ2n) is 6.02. The molecule has 3 nitrogen and oxygen atoms in total. The van der Waals surface area contributed by atoms with E-state index in [4.69, 9.17) is 23.2 Å². The molecule has 1 aromatic carbocycles. The third-order valence-corrected chi connectivity index (χ3v) is 5.12. The molecule has 1 amide bonds. The van der Waals surface area contributed by atoms with Gasteiger partial charge in [-0.2, -0.15) is 0 Å². The van der Waals surface area contributed by atoms with Crippen molar-refractivity contribution in [1.82, 2.24) is 10.2 Å². The van der Waals surface area contributed by atoms with Crippen LogP contribution in [0.5, 0.6) is 0 Å². The highest BCUT2D eigenvalue weighted by atomic mass is 35.5. The fourth-order valence-corrected chi connectivity index (χ4v) is 3.27. The molecule has 0 bridgehead atoms. The molecule has 0 spiro atoms. The van der Waals surface area contributed by atoms with E-state index in [0.717, 1.165) is 18.5 Å². The smallest absolute Gasteiger partial charge is 0.234 e. The first-order chi connectivity index (χ1) is 10.5. The second kappa shape index (κ2) is 8.19. The molecule has 1 aliphatic rings. The van der Waals surface area contributed by atoms with Crippen molar-refractivity contribution in [2.24, 2.45) is 0 Å². The van der Waals surface area contributed by atoms with Gasteiger partial charge in [-0.15, -0.1) is 0 Å². The minimum atomic E-state index is -0.0256. The van der Waals surface area contributed by atoms with Crippen molar-refractivity contribution >= 4 is 29.1 Å². The molecule has 1 aromatic rings. The Morgan fingerprint density at radius 1 is 1.36 bits per heavy atom. The molecular weight excluding hydrogens is 319 g/mol. The molecule has 0 saturated carbocycles. The van der Waals surface area contributed by atoms with E-state index in [0.29, 0.717) is 22.6 Å². The van der Waals surface area contributed by atoms with Gasteiger partial charge >= 0.3 is 0 Å². The van der Waals surface area contributed by atoms with Gasteiger partial charge in [0.1, 0.15) is 0 Å². The topological polar surface area (TPSA) is 32.3 Å². The fourth-order valence-electron chi connectivity index (χ4n) is 2.97. The maximum absolute atomic E-state index is 12.3. The first-order valence-corrected chi connectivity index (χ1v) is 8.75. The maximum Gasteiger partial charge on any atom is 0.234 e. The lowest BCUT2D eigenvalue weighted by Gasteiger charge is -2.33. The van der Waals surface area contributed by atoms with Gasteiger partial charge in [0.15, 0.2) is 0 Å². The Morgan fingerprint density at radius 3 is 2.77 bits per heavy atom. The van der Waals surface area contributed by atoms with E-state index in [1.165, 1.54) is 19.3 Å². The molecule has 122 valence electrons. The van der Waals surface area contributed by atoms with Crippen molar-refractivity contribution in [1.29, 1.82) is 0 Å². The lowest BCUT2D eigenvalue weighted by Crippen LogP contribution is -2.45. The van der Waals surface area contributed by atoms with E-state index >= 15 is 0 Å². The third-order valence-electron chi connectivity index (χ3n) is 4.38. The largest absolute Gasteiger partial charge is 0.348 e. The van der Waals surface area contributed by atoms with Crippen LogP contribution < -0.4 is 5.32 Å². The first-order valence-electron chi connectivity index (χ1n) is 7.99. The van der Waals surface area contributed by atoms with E-state index in [2.05, 4.69) is 24.1 Å². The molecule has 1 heterocycles. The third kappa shape index (κ3) is 4.61. The summed E-state index contributed by atoms with van der Waals surface area (Å²) in [6.45, 7) is 5.73. The molecule has 1 fully saturated rings. The predicted octanol–water partition coefficient (Wildman–Crippen LogP) is 4.44. The van der Waals surface area contributed by atoms with Crippen molar-refractivity contribution in [3.63, 3.8) is 0 Å². The van der Waals surface area contributed by atoms with Gasteiger partial charge in [0.2, 0.25) is 5.91 Å². The molecule has 1 aliphatic heterocycles. The average molecular weight is 343 g/mol. The Balaban J connectivity index is 1.96. The number of carbonyl (C=O) groups is 1. The fraction of sp³-hybridized carbons (Fsp3) is 0.588. The zero-order valence-corrected chi connectivity index (χ0v) is 14.8. The SMILES string of the molecule is CCC(NC(=O)CN1CCCCC1C)c1ccc(Cl)c(Cl)c1. The van der Waals surface area contributed by atoms with Crippen molar-refractivity contribution < 1.29 is 4.79 Å². The number of piperidine rings is 1. The van der Waals surface area contributed by atoms with Crippen LogP contribution in [0.15, 0.2) is 18.2 Å². The maximum atomic E-state index is 12.3. The number of nitrogens with one attached hydrogen (secondary N) is 1. The molecule has 2 rings (SSSR count). The van der Waals surface area contributed by atoms with E-state index in [-0.39, 0.29) is 11.9 Å². The van der Waals surface area contributed by atoms with Gasteiger partial charge in [0.05, 0.1) is 22.6 Å². The highest BCUT2D eigenvalue weighted by molar-refractivity contribution is 6.42. The summed E-state index contributed by atoms with van der Waals surface area (Å²) < 4.78 is 0. The average Bonchev–Trinajstić information content (AvgIpc) is 2.50. The number of hydrogen-bond donors (Lipinski definition) is 1. The van der Waals surface area contributed by atoms with Crippen molar-refractivity contribution in [2.45, 2.75) is 51.6 Å². The molecule has 2 atom stereocenters. The van der Waals surface area contributed by atoms with Gasteiger partial charge in [-0.3, -0.25) is 9.69 Å². The van der Waals surface area contributed by atoms with Crippen LogP contribution in [0.3, 0.4) is 0 Å². The highest BCUT2D eigenvalue weighted by Crippen LogP contribution is 2.27. The summed E-state index contributed by atoms with van der Waals surface area (Å²) in [5.41, 5.74) is 0.997. The number of nitrogens with zero attached hydrogens (tertiary/aromatic N) is 1. The van der Waals surface area contributed by atoms with E-state index in [1.807, 2.05) is 12.1 Å². The van der Waals surface area contributed by atoms with Crippen molar-refractivity contribution in [3.8, 4) is 0 Å². The number of likely N-dealkylation sites (tertiary alicyclic amines) is 1. The summed E-state index contributed by atoms with van der Waals surface area (Å²) in [7, 11) is 0. The molecule has 1 saturated heterocycles. The number of halogens is 2. The van der Waals surface area contributed by atoms with E-state index in [1.54, 1.807) is 6.07 Å². The van der Waals surface area contributed by atoms with Crippen LogP contribution in [0.4, 0.5) is 0 Å². The van der Waals surface area contributed by atoms with E-state index in [9.17, 15) is 4.79 Å². The number of carbonyl (C=O) groups excluding carboxylic acids is 1. The van der Waals surface area contributed by atoms with Gasteiger partial charge < -0.3 is 5.32 Å². The number of hydrogen-bond acceptors (Lipinski definition) is 2. The molecule has 0 aliphatic carbocycles. The Labute approximate surface area is 143 Å². The van der Waals surface area contributed by atoms with Crippen LogP contribution in [-0.4, -0.2) is 29.9 Å². The summed E-state index contributed by atoms with van der Waals surface area (Å²) in [6.07, 6.45) is 4.44. The minimum absolute atomic E-state index is 0.0256. The zero-order valence-electron chi connectivity index (χ0n) is 13.2. The van der Waals surface area contributed by atoms with Crippen molar-refractivity contribution in [3.05, 3.63) is 33.8 Å². The molecule has 0 aromatic heterocycles. The Bertz CT molecular complexity index is 521. The van der Waals surface area contributed by atoms with Gasteiger partial charge in [-0.1, -0.05) is 42.6 Å². The molecule has 5 heteroatoms. The molecular formula is C17H24Cl2N2O. The quantitative estimate of drug-likeness (QED) is 0.857. The predicted molar refractivity (Wildman–Crippen MR) is 92.5 cm³/mol. The number of amides is 1. The number of rotatable bonds is 5. The van der Waals surface area contributed by atoms with E-state index < -0.39 is 0 Å². The van der Waals surface area contributed by atoms with Gasteiger partial charge in [-0.05, 0) is 50.4 Å². The summed E-state index contributed by atoms with van der Waals surface area (Å²) in [6, 6.07) is 6.00. The second-order valence-corrected chi connectivity index (χ2v) is 6.83. The lowest BCUT2D eigenvalue weighted by molar-refractivity contribution is -0.123. The van der Waals surface area contributed by atoms with Crippen LogP contribution in [-0.2, 0) is 4.79 Å². The molecule has 22 heavy (non-hydrogen) atoms. The molecule has 1 N–H and O–H groups in total. The summed E-state index contributed by atoms with van der Waals surface area (Å²) in [4.78, 5) is 14.6. The Morgan fingerprint density at radius 2 is 2.14 bits per heavy atom. The monoisotopic (exact) mass is 342 g/mol.